The van der Waals surface area contributed by atoms with Gasteiger partial charge in [0.1, 0.15) is 5.75 Å². The molecule has 1 N–H and O–H groups in total. The minimum Gasteiger partial charge on any atom is -1.00 e. The first-order chi connectivity index (χ1) is 9.20. The molecule has 0 aliphatic carbocycles. The lowest BCUT2D eigenvalue weighted by Gasteiger charge is -2.08. The fraction of sp³-hybridized carbons (Fsp3) is 0.200. The van der Waals surface area contributed by atoms with Crippen molar-refractivity contribution in [2.24, 2.45) is 0 Å². The maximum Gasteiger partial charge on any atom is 0.118 e. The number of methoxy groups -OCH3 is 1. The van der Waals surface area contributed by atoms with Gasteiger partial charge in [0.15, 0.2) is 0 Å². The van der Waals surface area contributed by atoms with Crippen LogP contribution >= 0.6 is 23.2 Å². The summed E-state index contributed by atoms with van der Waals surface area (Å²) in [7, 11) is 1.66. The molecular weight excluding hydrogens is 317 g/mol. The Balaban J connectivity index is 0.00000200. The van der Waals surface area contributed by atoms with Gasteiger partial charge in [-0.1, -0.05) is 47.5 Å². The Morgan fingerprint density at radius 2 is 1.70 bits per heavy atom. The van der Waals surface area contributed by atoms with E-state index in [4.69, 9.17) is 27.9 Å². The molecule has 0 radical (unpaired) electrons. The zero-order valence-corrected chi connectivity index (χ0v) is 13.3. The maximum absolute atomic E-state index is 6.13. The fourth-order valence-electron chi connectivity index (χ4n) is 1.77. The van der Waals surface area contributed by atoms with E-state index in [1.165, 1.54) is 5.56 Å². The molecule has 0 aliphatic rings. The van der Waals surface area contributed by atoms with Gasteiger partial charge in [-0.2, -0.15) is 0 Å². The van der Waals surface area contributed by atoms with Crippen molar-refractivity contribution in [1.29, 1.82) is 0 Å². The number of hydrogen-bond acceptors (Lipinski definition) is 2. The van der Waals surface area contributed by atoms with Crippen LogP contribution in [0.1, 0.15) is 11.1 Å². The van der Waals surface area contributed by atoms with Crippen molar-refractivity contribution in [3.8, 4) is 5.75 Å². The third-order valence-electron chi connectivity index (χ3n) is 2.84. The standard InChI is InChI=1S/C15H15Cl2NO.ClH/c1-19-13-7-5-11(6-8-13)9-18-10-12-3-2-4-14(16)15(12)17;/h2-8,18H,9-10H2,1H3;1H/p-1. The van der Waals surface area contributed by atoms with Crippen molar-refractivity contribution in [3.05, 3.63) is 63.6 Å². The lowest BCUT2D eigenvalue weighted by molar-refractivity contribution is -0.00000400. The smallest absolute Gasteiger partial charge is 0.118 e. The zero-order valence-electron chi connectivity index (χ0n) is 11.0. The summed E-state index contributed by atoms with van der Waals surface area (Å²) in [5.41, 5.74) is 2.20. The Labute approximate surface area is 135 Å². The van der Waals surface area contributed by atoms with E-state index in [-0.39, 0.29) is 12.4 Å². The van der Waals surface area contributed by atoms with Crippen LogP contribution < -0.4 is 22.5 Å². The predicted molar refractivity (Wildman–Crippen MR) is 80.0 cm³/mol. The molecule has 2 nitrogen and oxygen atoms in total. The van der Waals surface area contributed by atoms with E-state index in [9.17, 15) is 0 Å². The summed E-state index contributed by atoms with van der Waals surface area (Å²) in [6.45, 7) is 1.46. The minimum atomic E-state index is 0. The second kappa shape index (κ2) is 8.38. The molecule has 108 valence electrons. The van der Waals surface area contributed by atoms with Crippen LogP contribution in [0, 0.1) is 0 Å². The first kappa shape index (κ1) is 17.1. The number of rotatable bonds is 5. The van der Waals surface area contributed by atoms with Gasteiger partial charge in [-0.3, -0.25) is 0 Å². The van der Waals surface area contributed by atoms with Crippen molar-refractivity contribution in [2.45, 2.75) is 13.1 Å². The molecule has 0 bridgehead atoms. The highest BCUT2D eigenvalue weighted by molar-refractivity contribution is 6.42. The lowest BCUT2D eigenvalue weighted by atomic mass is 10.2. The second-order valence-corrected chi connectivity index (χ2v) is 4.95. The van der Waals surface area contributed by atoms with Crippen molar-refractivity contribution < 1.29 is 17.1 Å². The van der Waals surface area contributed by atoms with Crippen molar-refractivity contribution in [1.82, 2.24) is 5.32 Å². The van der Waals surface area contributed by atoms with Crippen molar-refractivity contribution in [3.63, 3.8) is 0 Å². The minimum absolute atomic E-state index is 0. The molecule has 0 fully saturated rings. The van der Waals surface area contributed by atoms with E-state index >= 15 is 0 Å². The molecule has 0 spiro atoms. The van der Waals surface area contributed by atoms with Crippen LogP contribution in [0.25, 0.3) is 0 Å². The molecule has 2 aromatic rings. The number of ether oxygens (including phenoxy) is 1. The van der Waals surface area contributed by atoms with E-state index in [0.717, 1.165) is 17.9 Å². The van der Waals surface area contributed by atoms with Crippen LogP contribution in [0.4, 0.5) is 0 Å². The Bertz CT molecular complexity index is 543. The normalized spacial score (nSPS) is 9.95. The van der Waals surface area contributed by atoms with Crippen molar-refractivity contribution >= 4 is 23.2 Å². The van der Waals surface area contributed by atoms with Crippen LogP contribution in [0.15, 0.2) is 42.5 Å². The monoisotopic (exact) mass is 330 g/mol. The van der Waals surface area contributed by atoms with Gasteiger partial charge in [-0.15, -0.1) is 0 Å². The van der Waals surface area contributed by atoms with Crippen LogP contribution in [0.3, 0.4) is 0 Å². The molecular formula is C15H15Cl3NO-. The first-order valence-corrected chi connectivity index (χ1v) is 6.73. The van der Waals surface area contributed by atoms with Crippen LogP contribution in [-0.2, 0) is 13.1 Å². The summed E-state index contributed by atoms with van der Waals surface area (Å²) in [6, 6.07) is 13.6. The van der Waals surface area contributed by atoms with Crippen LogP contribution in [0.5, 0.6) is 5.75 Å². The van der Waals surface area contributed by atoms with Gasteiger partial charge in [0, 0.05) is 13.1 Å². The van der Waals surface area contributed by atoms with Crippen LogP contribution in [0.2, 0.25) is 10.0 Å². The molecule has 0 aromatic heterocycles. The SMILES string of the molecule is COc1ccc(CNCc2cccc(Cl)c2Cl)cc1.[Cl-]. The predicted octanol–water partition coefficient (Wildman–Crippen LogP) is 1.30. The van der Waals surface area contributed by atoms with Gasteiger partial charge < -0.3 is 22.5 Å². The average Bonchev–Trinajstić information content (AvgIpc) is 2.44. The summed E-state index contributed by atoms with van der Waals surface area (Å²) >= 11 is 12.1. The summed E-state index contributed by atoms with van der Waals surface area (Å²) < 4.78 is 5.12. The largest absolute Gasteiger partial charge is 1.00 e. The highest BCUT2D eigenvalue weighted by atomic mass is 35.5. The summed E-state index contributed by atoms with van der Waals surface area (Å²) in [6.07, 6.45) is 0. The van der Waals surface area contributed by atoms with E-state index in [2.05, 4.69) is 5.32 Å². The lowest BCUT2D eigenvalue weighted by Crippen LogP contribution is -3.00. The molecule has 0 unspecified atom stereocenters. The molecule has 0 aliphatic heterocycles. The Kier molecular flexibility index (Phi) is 7.17. The molecule has 0 saturated heterocycles. The molecule has 0 saturated carbocycles. The molecule has 5 heteroatoms. The maximum atomic E-state index is 6.13. The van der Waals surface area contributed by atoms with E-state index in [0.29, 0.717) is 16.6 Å². The fourth-order valence-corrected chi connectivity index (χ4v) is 2.16. The molecule has 0 atom stereocenters. The third-order valence-corrected chi connectivity index (χ3v) is 3.69. The highest BCUT2D eigenvalue weighted by Crippen LogP contribution is 2.25. The van der Waals surface area contributed by atoms with E-state index in [1.54, 1.807) is 13.2 Å². The quantitative estimate of drug-likeness (QED) is 0.892. The van der Waals surface area contributed by atoms with Gasteiger partial charge in [0.2, 0.25) is 0 Å². The molecule has 20 heavy (non-hydrogen) atoms. The van der Waals surface area contributed by atoms with Crippen molar-refractivity contribution in [2.75, 3.05) is 7.11 Å². The number of hydrogen-bond donors (Lipinski definition) is 1. The van der Waals surface area contributed by atoms with Gasteiger partial charge in [-0.25, -0.2) is 0 Å². The first-order valence-electron chi connectivity index (χ1n) is 5.97. The number of benzene rings is 2. The van der Waals surface area contributed by atoms with Gasteiger partial charge in [0.25, 0.3) is 0 Å². The molecule has 2 aromatic carbocycles. The average molecular weight is 332 g/mol. The van der Waals surface area contributed by atoms with Gasteiger partial charge in [0.05, 0.1) is 17.2 Å². The summed E-state index contributed by atoms with van der Waals surface area (Å²) in [4.78, 5) is 0. The Hall–Kier alpha value is -0.930. The molecule has 0 amide bonds. The second-order valence-electron chi connectivity index (χ2n) is 4.16. The summed E-state index contributed by atoms with van der Waals surface area (Å²) in [5, 5.41) is 4.54. The van der Waals surface area contributed by atoms with Gasteiger partial charge in [-0.05, 0) is 29.3 Å². The highest BCUT2D eigenvalue weighted by Gasteiger charge is 2.03. The molecule has 2 rings (SSSR count). The zero-order chi connectivity index (χ0) is 13.7. The Morgan fingerprint density at radius 3 is 2.35 bits per heavy atom. The molecule has 0 heterocycles. The topological polar surface area (TPSA) is 21.3 Å². The van der Waals surface area contributed by atoms with E-state index in [1.807, 2.05) is 36.4 Å². The number of nitrogens with one attached hydrogen (secondary N) is 1. The van der Waals surface area contributed by atoms with Gasteiger partial charge >= 0.3 is 0 Å². The van der Waals surface area contributed by atoms with E-state index < -0.39 is 0 Å². The third kappa shape index (κ3) is 4.57. The number of halogens is 3. The van der Waals surface area contributed by atoms with Crippen LogP contribution in [-0.4, -0.2) is 7.11 Å². The summed E-state index contributed by atoms with van der Waals surface area (Å²) in [5.74, 6) is 0.863. The Morgan fingerprint density at radius 1 is 1.00 bits per heavy atom.